The van der Waals surface area contributed by atoms with Crippen molar-refractivity contribution in [1.82, 2.24) is 24.4 Å². The highest BCUT2D eigenvalue weighted by molar-refractivity contribution is 5.96. The van der Waals surface area contributed by atoms with E-state index in [4.69, 9.17) is 5.73 Å². The monoisotopic (exact) mass is 368 g/mol. The van der Waals surface area contributed by atoms with E-state index in [9.17, 15) is 14.4 Å². The summed E-state index contributed by atoms with van der Waals surface area (Å²) < 4.78 is 2.09. The Morgan fingerprint density at radius 2 is 2.07 bits per heavy atom. The van der Waals surface area contributed by atoms with E-state index in [0.717, 1.165) is 30.4 Å². The average Bonchev–Trinajstić information content (AvgIpc) is 3.07. The zero-order chi connectivity index (χ0) is 19.0. The van der Waals surface area contributed by atoms with Gasteiger partial charge in [-0.1, -0.05) is 12.1 Å². The fourth-order valence-electron chi connectivity index (χ4n) is 3.66. The zero-order valence-corrected chi connectivity index (χ0v) is 14.6. The molecule has 3 aromatic rings. The molecule has 9 heteroatoms. The first-order chi connectivity index (χ1) is 13.0. The van der Waals surface area contributed by atoms with Crippen molar-refractivity contribution in [3.63, 3.8) is 0 Å². The largest absolute Gasteiger partial charge is 0.392 e. The molecule has 1 aromatic carbocycles. The van der Waals surface area contributed by atoms with E-state index >= 15 is 0 Å². The van der Waals surface area contributed by atoms with Crippen LogP contribution in [0.2, 0.25) is 0 Å². The fraction of sp³-hybridized carbons (Fsp3) is 0.333. The molecule has 4 rings (SSSR count). The highest BCUT2D eigenvalue weighted by Crippen LogP contribution is 2.22. The number of amides is 1. The molecule has 0 saturated carbocycles. The van der Waals surface area contributed by atoms with Crippen LogP contribution >= 0.6 is 0 Å². The topological polar surface area (TPSA) is 130 Å². The Morgan fingerprint density at radius 1 is 1.26 bits per heavy atom. The maximum absolute atomic E-state index is 12.8. The number of nitrogen functional groups attached to an aromatic ring is 1. The first kappa shape index (κ1) is 17.1. The van der Waals surface area contributed by atoms with Crippen LogP contribution < -0.4 is 17.0 Å². The number of nitrogens with two attached hydrogens (primary N) is 1. The molecule has 3 heterocycles. The third kappa shape index (κ3) is 3.23. The molecule has 1 saturated heterocycles. The fourth-order valence-corrected chi connectivity index (χ4v) is 3.66. The zero-order valence-electron chi connectivity index (χ0n) is 14.6. The number of hydrogen-bond donors (Lipinski definition) is 3. The van der Waals surface area contributed by atoms with Gasteiger partial charge in [0, 0.05) is 19.6 Å². The molecule has 1 aliphatic rings. The van der Waals surface area contributed by atoms with Gasteiger partial charge < -0.3 is 20.2 Å². The molecular weight excluding hydrogens is 348 g/mol. The van der Waals surface area contributed by atoms with Gasteiger partial charge in [-0.05, 0) is 30.9 Å². The van der Waals surface area contributed by atoms with Crippen molar-refractivity contribution < 1.29 is 4.79 Å². The molecule has 1 atom stereocenters. The molecule has 140 valence electrons. The number of aromatic nitrogens is 4. The van der Waals surface area contributed by atoms with Gasteiger partial charge in [0.2, 0.25) is 0 Å². The minimum absolute atomic E-state index is 0.141. The predicted molar refractivity (Wildman–Crippen MR) is 100 cm³/mol. The van der Waals surface area contributed by atoms with Crippen LogP contribution in [0.15, 0.2) is 40.2 Å². The van der Waals surface area contributed by atoms with Gasteiger partial charge in [-0.15, -0.1) is 0 Å². The summed E-state index contributed by atoms with van der Waals surface area (Å²) in [7, 11) is 0. The highest BCUT2D eigenvalue weighted by atomic mass is 16.2. The summed E-state index contributed by atoms with van der Waals surface area (Å²) in [5.41, 5.74) is 5.80. The molecule has 0 bridgehead atoms. The Kier molecular flexibility index (Phi) is 4.27. The van der Waals surface area contributed by atoms with Gasteiger partial charge in [0.25, 0.3) is 11.5 Å². The van der Waals surface area contributed by atoms with Crippen molar-refractivity contribution in [2.24, 2.45) is 5.92 Å². The average molecular weight is 368 g/mol. The molecule has 9 nitrogen and oxygen atoms in total. The van der Waals surface area contributed by atoms with Crippen molar-refractivity contribution in [2.45, 2.75) is 19.4 Å². The number of H-pyrrole nitrogens is 2. The van der Waals surface area contributed by atoms with E-state index in [-0.39, 0.29) is 17.3 Å². The lowest BCUT2D eigenvalue weighted by atomic mass is 9.97. The number of piperidine rings is 1. The second-order valence-electron chi connectivity index (χ2n) is 6.84. The number of carbonyl (C=O) groups is 1. The summed E-state index contributed by atoms with van der Waals surface area (Å²) in [6, 6.07) is 7.92. The van der Waals surface area contributed by atoms with Crippen molar-refractivity contribution in [1.29, 1.82) is 0 Å². The Morgan fingerprint density at radius 3 is 2.93 bits per heavy atom. The third-order valence-electron chi connectivity index (χ3n) is 4.98. The summed E-state index contributed by atoms with van der Waals surface area (Å²) in [5, 5.41) is 0. The third-order valence-corrected chi connectivity index (χ3v) is 4.98. The van der Waals surface area contributed by atoms with Gasteiger partial charge in [0.05, 0.1) is 17.4 Å². The molecule has 0 aliphatic carbocycles. The van der Waals surface area contributed by atoms with Crippen molar-refractivity contribution in [3.05, 3.63) is 57.1 Å². The first-order valence-corrected chi connectivity index (χ1v) is 8.84. The van der Waals surface area contributed by atoms with E-state index in [1.54, 1.807) is 4.90 Å². The van der Waals surface area contributed by atoms with E-state index < -0.39 is 17.2 Å². The van der Waals surface area contributed by atoms with Gasteiger partial charge in [0.1, 0.15) is 11.4 Å². The number of carbonyl (C=O) groups excluding carboxylic acids is 1. The Labute approximate surface area is 153 Å². The lowest BCUT2D eigenvalue weighted by molar-refractivity contribution is 0.0657. The van der Waals surface area contributed by atoms with Crippen LogP contribution in [-0.2, 0) is 6.54 Å². The van der Waals surface area contributed by atoms with E-state index in [1.165, 1.54) is 0 Å². The number of likely N-dealkylation sites (tertiary alicyclic amines) is 1. The van der Waals surface area contributed by atoms with Gasteiger partial charge >= 0.3 is 5.69 Å². The number of aromatic amines is 2. The maximum Gasteiger partial charge on any atom is 0.326 e. The Balaban J connectivity index is 1.54. The lowest BCUT2D eigenvalue weighted by Gasteiger charge is -2.33. The number of nitrogens with zero attached hydrogens (tertiary/aromatic N) is 3. The molecule has 1 amide bonds. The number of nitrogens with one attached hydrogen (secondary N) is 2. The van der Waals surface area contributed by atoms with Gasteiger partial charge in [-0.25, -0.2) is 9.78 Å². The van der Waals surface area contributed by atoms with Gasteiger partial charge in [-0.3, -0.25) is 14.6 Å². The number of fused-ring (bicyclic) bond motifs is 1. The molecule has 0 radical (unpaired) electrons. The second-order valence-corrected chi connectivity index (χ2v) is 6.84. The van der Waals surface area contributed by atoms with Gasteiger partial charge in [0.15, 0.2) is 0 Å². The minimum Gasteiger partial charge on any atom is -0.392 e. The molecule has 1 aliphatic heterocycles. The van der Waals surface area contributed by atoms with Crippen LogP contribution in [0.1, 0.15) is 23.3 Å². The molecule has 27 heavy (non-hydrogen) atoms. The summed E-state index contributed by atoms with van der Waals surface area (Å²) in [6.45, 7) is 1.83. The number of imidazole rings is 1. The quantitative estimate of drug-likeness (QED) is 0.621. The van der Waals surface area contributed by atoms with E-state index in [2.05, 4.69) is 14.5 Å². The van der Waals surface area contributed by atoms with Crippen molar-refractivity contribution in [2.75, 3.05) is 18.8 Å². The molecule has 0 spiro atoms. The van der Waals surface area contributed by atoms with Crippen LogP contribution in [0.25, 0.3) is 11.0 Å². The summed E-state index contributed by atoms with van der Waals surface area (Å²) in [4.78, 5) is 46.4. The number of rotatable bonds is 3. The summed E-state index contributed by atoms with van der Waals surface area (Å²) >= 11 is 0. The van der Waals surface area contributed by atoms with Crippen LogP contribution in [0.4, 0.5) is 5.69 Å². The standard InChI is InChI=1S/C18H20N6O3/c19-14-15(21-18(27)22-16(14)25)17(26)23-7-3-4-11(8-23)9-24-10-20-12-5-1-2-6-13(12)24/h1-2,5-6,10-11H,3-4,7-9,19H2,(H2,21,22,25,27). The number of anilines is 1. The number of hydrogen-bond acceptors (Lipinski definition) is 5. The maximum atomic E-state index is 12.8. The van der Waals surface area contributed by atoms with Gasteiger partial charge in [-0.2, -0.15) is 0 Å². The summed E-state index contributed by atoms with van der Waals surface area (Å²) in [5.74, 6) is -0.175. The SMILES string of the molecule is Nc1c(C(=O)N2CCCC(Cn3cnc4ccccc43)C2)[nH]c(=O)[nH]c1=O. The second kappa shape index (κ2) is 6.75. The van der Waals surface area contributed by atoms with Crippen LogP contribution in [0.5, 0.6) is 0 Å². The lowest BCUT2D eigenvalue weighted by Crippen LogP contribution is -2.43. The highest BCUT2D eigenvalue weighted by Gasteiger charge is 2.27. The molecule has 1 fully saturated rings. The van der Waals surface area contributed by atoms with Crippen LogP contribution in [0, 0.1) is 5.92 Å². The van der Waals surface area contributed by atoms with Crippen LogP contribution in [0.3, 0.4) is 0 Å². The summed E-state index contributed by atoms with van der Waals surface area (Å²) in [6.07, 6.45) is 3.64. The molecule has 2 aromatic heterocycles. The van der Waals surface area contributed by atoms with Crippen LogP contribution in [-0.4, -0.2) is 43.4 Å². The minimum atomic E-state index is -0.749. The van der Waals surface area contributed by atoms with Crippen molar-refractivity contribution >= 4 is 22.6 Å². The van der Waals surface area contributed by atoms with E-state index in [0.29, 0.717) is 13.1 Å². The normalized spacial score (nSPS) is 17.3. The van der Waals surface area contributed by atoms with Crippen molar-refractivity contribution in [3.8, 4) is 0 Å². The predicted octanol–water partition coefficient (Wildman–Crippen LogP) is 0.547. The van der Waals surface area contributed by atoms with E-state index in [1.807, 2.05) is 35.6 Å². The Hall–Kier alpha value is -3.36. The number of benzene rings is 1. The number of para-hydroxylation sites is 2. The molecular formula is C18H20N6O3. The molecule has 4 N–H and O–H groups in total. The molecule has 1 unspecified atom stereocenters. The Bertz CT molecular complexity index is 1110. The first-order valence-electron chi connectivity index (χ1n) is 8.84. The smallest absolute Gasteiger partial charge is 0.326 e.